The molecule has 0 unspecified atom stereocenters. The zero-order chi connectivity index (χ0) is 80.0. The number of aromatic nitrogens is 5. The maximum absolute atomic E-state index is 9.03. The predicted molar refractivity (Wildman–Crippen MR) is 481 cm³/mol. The van der Waals surface area contributed by atoms with Gasteiger partial charge in [-0.3, -0.25) is 4.98 Å². The lowest BCUT2D eigenvalue weighted by atomic mass is 9.83. The maximum Gasteiger partial charge on any atom is 0.256 e. The fraction of sp³-hybridized carbons (Fsp3) is 0.231. The standard InChI is InChI=1S/2C29H28NO.C28H26NO.C22H17N2O/c2*1-19-8-6-7-11-23(19)27-29-26(16-17-30(27)2)25-15-13-22-18-21(20-9-4-3-5-10-20)12-14-24(22)28(25)31-29;1-18-7-3-6-10-22(18)26-28-25(15-16-29(26)2)24-14-12-21-17-20(19-8-4-5-9-19)11-13-23(21)27(24)30-28;1-14-6-3-4-7-15(14)20-22-17(11-13-24(20)2)16-9-10-19-18(21(16)25-22)8-5-12-23-19/h2*6-8,11-18,20H,3-5,9-10H2,1-2H3;3,6-7,10-17,19H,4-5,8-9H2,1-2H3;3-13H,1-2H3/q4*+1/i20D;;;. The molecule has 3 saturated carbocycles. The van der Waals surface area contributed by atoms with Crippen LogP contribution in [0.4, 0.5) is 0 Å². The van der Waals surface area contributed by atoms with E-state index in [0.29, 0.717) is 0 Å². The summed E-state index contributed by atoms with van der Waals surface area (Å²) in [5.41, 5.74) is 27.0. The van der Waals surface area contributed by atoms with Crippen LogP contribution in [0.5, 0.6) is 0 Å². The van der Waals surface area contributed by atoms with Crippen molar-refractivity contribution in [3.05, 3.63) is 307 Å². The van der Waals surface area contributed by atoms with Gasteiger partial charge in [0, 0.05) is 96.5 Å². The van der Waals surface area contributed by atoms with Gasteiger partial charge in [0.15, 0.2) is 24.8 Å². The van der Waals surface area contributed by atoms with Crippen LogP contribution < -0.4 is 18.3 Å². The molecular weight excluding hydrogens is 1430 g/mol. The molecule has 3 fully saturated rings. The first-order valence-corrected chi connectivity index (χ1v) is 42.4. The van der Waals surface area contributed by atoms with E-state index >= 15 is 0 Å². The summed E-state index contributed by atoms with van der Waals surface area (Å²) in [7, 11) is 8.34. The Morgan fingerprint density at radius 3 is 0.923 bits per heavy atom. The first-order valence-electron chi connectivity index (χ1n) is 42.9. The van der Waals surface area contributed by atoms with Gasteiger partial charge in [0.2, 0.25) is 22.3 Å². The van der Waals surface area contributed by atoms with E-state index in [-0.39, 0.29) is 0 Å². The molecule has 9 heterocycles. The SMILES string of the molecule is Cc1ccccc1-c1c2oc3c4ccc(C5CCCC5)cc4ccc3c2cc[n+]1C.Cc1ccccc1-c1c2oc3c4ccc(C5CCCCC5)cc4ccc3c2cc[n+]1C.Cc1ccccc1-c1c2oc3c4cccnc4ccc3c2cc[n+]1C.[2H]C1(c2ccc3c(ccc4c5cc[n+](C)c(-c6ccccc6C)c5oc34)c2)CCCCC1. The van der Waals surface area contributed by atoms with Crippen LogP contribution in [0, 0.1) is 27.7 Å². The number of furan rings is 4. The smallest absolute Gasteiger partial charge is 0.256 e. The summed E-state index contributed by atoms with van der Waals surface area (Å²) in [4.78, 5) is 4.45. The van der Waals surface area contributed by atoms with Crippen molar-refractivity contribution in [3.8, 4) is 45.0 Å². The Balaban J connectivity index is 0.000000101. The highest BCUT2D eigenvalue weighted by Crippen LogP contribution is 2.46. The predicted octanol–water partition coefficient (Wildman–Crippen LogP) is 27.3. The van der Waals surface area contributed by atoms with Gasteiger partial charge in [0.1, 0.15) is 50.5 Å². The summed E-state index contributed by atoms with van der Waals surface area (Å²) >= 11 is 0. The zero-order valence-corrected chi connectivity index (χ0v) is 68.3. The number of rotatable bonds is 7. The molecule has 11 aromatic carbocycles. The Morgan fingerprint density at radius 2 is 0.564 bits per heavy atom. The van der Waals surface area contributed by atoms with Crippen molar-refractivity contribution in [1.82, 2.24) is 4.98 Å². The van der Waals surface area contributed by atoms with Gasteiger partial charge in [-0.2, -0.15) is 18.3 Å². The zero-order valence-electron chi connectivity index (χ0n) is 69.3. The summed E-state index contributed by atoms with van der Waals surface area (Å²) in [5.74, 6) is 1.00. The van der Waals surface area contributed by atoms with Crippen molar-refractivity contribution in [2.45, 2.75) is 135 Å². The van der Waals surface area contributed by atoms with Crippen molar-refractivity contribution in [1.29, 1.82) is 0 Å². The molecular formula is C108H99N5O4+4. The highest BCUT2D eigenvalue weighted by atomic mass is 16.3. The largest absolute Gasteiger partial charge is 0.448 e. The third-order valence-electron chi connectivity index (χ3n) is 26.2. The third kappa shape index (κ3) is 13.1. The van der Waals surface area contributed by atoms with E-state index in [2.05, 4.69) is 334 Å². The van der Waals surface area contributed by atoms with Gasteiger partial charge >= 0.3 is 0 Å². The molecule has 3 aliphatic rings. The van der Waals surface area contributed by atoms with E-state index in [1.54, 1.807) is 0 Å². The number of benzene rings is 11. The molecule has 0 saturated heterocycles. The fourth-order valence-corrected chi connectivity index (χ4v) is 19.8. The number of hydrogen-bond donors (Lipinski definition) is 0. The molecule has 117 heavy (non-hydrogen) atoms. The lowest BCUT2D eigenvalue weighted by Gasteiger charge is -2.22. The fourth-order valence-electron chi connectivity index (χ4n) is 19.8. The van der Waals surface area contributed by atoms with Crippen LogP contribution in [-0.2, 0) is 28.2 Å². The van der Waals surface area contributed by atoms with Crippen molar-refractivity contribution in [3.63, 3.8) is 0 Å². The molecule has 0 N–H and O–H groups in total. The second-order valence-corrected chi connectivity index (χ2v) is 33.5. The molecule has 9 aromatic heterocycles. The number of fused-ring (bicyclic) bond motifs is 20. The molecule has 3 aliphatic carbocycles. The molecule has 0 bridgehead atoms. The Morgan fingerprint density at radius 1 is 0.274 bits per heavy atom. The molecule has 0 amide bonds. The minimum Gasteiger partial charge on any atom is -0.448 e. The summed E-state index contributed by atoms with van der Waals surface area (Å²) in [5, 5.41) is 17.7. The van der Waals surface area contributed by atoms with Crippen molar-refractivity contribution >= 4 is 131 Å². The molecule has 0 spiro atoms. The van der Waals surface area contributed by atoms with E-state index in [0.717, 1.165) is 154 Å². The van der Waals surface area contributed by atoms with Gasteiger partial charge < -0.3 is 17.7 Å². The number of nitrogens with zero attached hydrogens (tertiary/aromatic N) is 5. The minimum atomic E-state index is -0.443. The highest BCUT2D eigenvalue weighted by Gasteiger charge is 2.30. The van der Waals surface area contributed by atoms with Crippen LogP contribution >= 0.6 is 0 Å². The summed E-state index contributed by atoms with van der Waals surface area (Å²) in [6.45, 7) is 8.61. The normalized spacial score (nSPS) is 14.8. The van der Waals surface area contributed by atoms with Gasteiger partial charge in [0.05, 0.1) is 27.8 Å². The van der Waals surface area contributed by atoms with Crippen LogP contribution in [0.1, 0.15) is 148 Å². The third-order valence-corrected chi connectivity index (χ3v) is 26.2. The molecule has 9 nitrogen and oxygen atoms in total. The molecule has 0 atom stereocenters. The summed E-state index contributed by atoms with van der Waals surface area (Å²) < 4.78 is 44.0. The number of aryl methyl sites for hydroxylation is 8. The second kappa shape index (κ2) is 30.6. The first kappa shape index (κ1) is 72.1. The topological polar surface area (TPSA) is 81.0 Å². The monoisotopic (exact) mass is 1530 g/mol. The average molecular weight is 1530 g/mol. The summed E-state index contributed by atoms with van der Waals surface area (Å²) in [6, 6.07) is 84.8. The van der Waals surface area contributed by atoms with E-state index in [1.165, 1.54) is 163 Å². The Bertz CT molecular complexity index is 7360. The number of pyridine rings is 5. The highest BCUT2D eigenvalue weighted by molar-refractivity contribution is 6.20. The molecule has 9 heteroatoms. The van der Waals surface area contributed by atoms with E-state index < -0.39 is 5.89 Å². The Kier molecular flexibility index (Phi) is 18.8. The Hall–Kier alpha value is -12.6. The van der Waals surface area contributed by atoms with Gasteiger partial charge in [-0.15, -0.1) is 0 Å². The van der Waals surface area contributed by atoms with Crippen molar-refractivity contribution < 1.29 is 37.3 Å². The summed E-state index contributed by atoms with van der Waals surface area (Å²) in [6.07, 6.45) is 28.0. The van der Waals surface area contributed by atoms with Crippen molar-refractivity contribution in [2.24, 2.45) is 28.2 Å². The van der Waals surface area contributed by atoms with Crippen LogP contribution in [0.3, 0.4) is 0 Å². The lowest BCUT2D eigenvalue weighted by Crippen LogP contribution is -2.30. The Labute approximate surface area is 684 Å². The van der Waals surface area contributed by atoms with Crippen molar-refractivity contribution in [2.75, 3.05) is 0 Å². The lowest BCUT2D eigenvalue weighted by molar-refractivity contribution is -0.659. The van der Waals surface area contributed by atoms with E-state index in [9.17, 15) is 0 Å². The molecule has 23 rings (SSSR count). The molecule has 0 aliphatic heterocycles. The average Bonchev–Trinajstić information content (AvgIpc) is 1.65. The minimum absolute atomic E-state index is 0.443. The van der Waals surface area contributed by atoms with Crippen LogP contribution in [0.15, 0.2) is 285 Å². The quantitative estimate of drug-likeness (QED) is 0.149. The van der Waals surface area contributed by atoms with Crippen LogP contribution in [0.25, 0.3) is 176 Å². The molecule has 0 radical (unpaired) electrons. The van der Waals surface area contributed by atoms with Gasteiger partial charge in [-0.1, -0.05) is 197 Å². The van der Waals surface area contributed by atoms with E-state index in [1.807, 2.05) is 12.3 Å². The maximum atomic E-state index is 9.03. The molecule has 576 valence electrons. The van der Waals surface area contributed by atoms with Crippen LogP contribution in [0.2, 0.25) is 0 Å². The second-order valence-electron chi connectivity index (χ2n) is 33.5. The van der Waals surface area contributed by atoms with Gasteiger partial charge in [0.25, 0.3) is 22.8 Å². The molecule has 20 aromatic rings. The van der Waals surface area contributed by atoms with Gasteiger partial charge in [-0.25, -0.2) is 0 Å². The van der Waals surface area contributed by atoms with Gasteiger partial charge in [-0.05, 0) is 206 Å². The van der Waals surface area contributed by atoms with Crippen LogP contribution in [-0.4, -0.2) is 4.98 Å². The first-order chi connectivity index (χ1) is 57.7. The number of hydrogen-bond acceptors (Lipinski definition) is 5. The van der Waals surface area contributed by atoms with E-state index in [4.69, 9.17) is 19.0 Å².